The van der Waals surface area contributed by atoms with Gasteiger partial charge in [0.1, 0.15) is 11.6 Å². The summed E-state index contributed by atoms with van der Waals surface area (Å²) in [6.07, 6.45) is -4.82. The van der Waals surface area contributed by atoms with Gasteiger partial charge in [0.05, 0.1) is 12.7 Å². The second-order valence-electron chi connectivity index (χ2n) is 4.50. The summed E-state index contributed by atoms with van der Waals surface area (Å²) in [6, 6.07) is 6.47. The first-order valence-corrected chi connectivity index (χ1v) is 6.11. The Bertz CT molecular complexity index is 691. The second-order valence-corrected chi connectivity index (χ2v) is 4.50. The van der Waals surface area contributed by atoms with Crippen LogP contribution in [0.1, 0.15) is 22.6 Å². The molecular formula is C14H13F3N2O2. The SMILES string of the molecule is COc1ccc(Cc2c(C(F)(F)F)nc(C)[nH]c2=O)cc1. The Hall–Kier alpha value is -2.31. The number of halogens is 3. The Balaban J connectivity index is 2.45. The molecule has 0 aliphatic heterocycles. The van der Waals surface area contributed by atoms with Crippen molar-refractivity contribution in [3.63, 3.8) is 0 Å². The van der Waals surface area contributed by atoms with Crippen LogP contribution in [0.25, 0.3) is 0 Å². The van der Waals surface area contributed by atoms with Crippen LogP contribution >= 0.6 is 0 Å². The highest BCUT2D eigenvalue weighted by Crippen LogP contribution is 2.30. The van der Waals surface area contributed by atoms with E-state index < -0.39 is 23.0 Å². The van der Waals surface area contributed by atoms with E-state index in [0.29, 0.717) is 11.3 Å². The van der Waals surface area contributed by atoms with Crippen molar-refractivity contribution in [2.45, 2.75) is 19.5 Å². The van der Waals surface area contributed by atoms with E-state index in [4.69, 9.17) is 4.74 Å². The summed E-state index contributed by atoms with van der Waals surface area (Å²) in [6.45, 7) is 1.31. The molecule has 2 aromatic rings. The van der Waals surface area contributed by atoms with Crippen molar-refractivity contribution in [3.8, 4) is 5.75 Å². The van der Waals surface area contributed by atoms with Gasteiger partial charge in [-0.2, -0.15) is 13.2 Å². The summed E-state index contributed by atoms with van der Waals surface area (Å²) < 4.78 is 44.0. The molecule has 0 aliphatic rings. The zero-order valence-corrected chi connectivity index (χ0v) is 11.4. The summed E-state index contributed by atoms with van der Waals surface area (Å²) in [5.41, 5.74) is -1.74. The van der Waals surface area contributed by atoms with Gasteiger partial charge in [-0.05, 0) is 24.6 Å². The van der Waals surface area contributed by atoms with Crippen molar-refractivity contribution in [1.29, 1.82) is 0 Å². The minimum Gasteiger partial charge on any atom is -0.497 e. The van der Waals surface area contributed by atoms with E-state index in [1.165, 1.54) is 14.0 Å². The van der Waals surface area contributed by atoms with Gasteiger partial charge in [0.25, 0.3) is 5.56 Å². The zero-order chi connectivity index (χ0) is 15.6. The van der Waals surface area contributed by atoms with E-state index in [2.05, 4.69) is 9.97 Å². The summed E-state index contributed by atoms with van der Waals surface area (Å²) in [5, 5.41) is 0. The number of benzene rings is 1. The number of nitrogens with one attached hydrogen (secondary N) is 1. The summed E-state index contributed by atoms with van der Waals surface area (Å²) in [5.74, 6) is 0.525. The first kappa shape index (κ1) is 15.1. The highest BCUT2D eigenvalue weighted by atomic mass is 19.4. The fourth-order valence-corrected chi connectivity index (χ4v) is 1.96. The molecule has 4 nitrogen and oxygen atoms in total. The van der Waals surface area contributed by atoms with Gasteiger partial charge in [0.15, 0.2) is 5.69 Å². The molecule has 0 saturated carbocycles. The van der Waals surface area contributed by atoms with Crippen molar-refractivity contribution in [3.05, 3.63) is 57.3 Å². The third-order valence-corrected chi connectivity index (χ3v) is 2.94. The highest BCUT2D eigenvalue weighted by molar-refractivity contribution is 5.33. The Morgan fingerprint density at radius 1 is 1.24 bits per heavy atom. The van der Waals surface area contributed by atoms with Crippen molar-refractivity contribution in [1.82, 2.24) is 9.97 Å². The quantitative estimate of drug-likeness (QED) is 0.948. The molecule has 21 heavy (non-hydrogen) atoms. The predicted molar refractivity (Wildman–Crippen MR) is 70.4 cm³/mol. The van der Waals surface area contributed by atoms with E-state index in [-0.39, 0.29) is 12.2 Å². The minimum absolute atomic E-state index is 0.0641. The maximum absolute atomic E-state index is 13.0. The van der Waals surface area contributed by atoms with Crippen LogP contribution in [0.15, 0.2) is 29.1 Å². The van der Waals surface area contributed by atoms with Crippen molar-refractivity contribution < 1.29 is 17.9 Å². The number of alkyl halides is 3. The van der Waals surface area contributed by atoms with Crippen LogP contribution in [-0.4, -0.2) is 17.1 Å². The predicted octanol–water partition coefficient (Wildman–Crippen LogP) is 2.70. The molecule has 0 aliphatic carbocycles. The molecule has 0 bridgehead atoms. The largest absolute Gasteiger partial charge is 0.497 e. The molecule has 0 atom stereocenters. The van der Waals surface area contributed by atoms with Gasteiger partial charge < -0.3 is 9.72 Å². The number of H-pyrrole nitrogens is 1. The average Bonchev–Trinajstić information content (AvgIpc) is 2.41. The maximum atomic E-state index is 13.0. The molecule has 1 heterocycles. The number of aromatic nitrogens is 2. The fraction of sp³-hybridized carbons (Fsp3) is 0.286. The number of methoxy groups -OCH3 is 1. The van der Waals surface area contributed by atoms with Crippen LogP contribution in [-0.2, 0) is 12.6 Å². The monoisotopic (exact) mass is 298 g/mol. The van der Waals surface area contributed by atoms with Gasteiger partial charge in [0.2, 0.25) is 0 Å². The molecule has 1 aromatic heterocycles. The molecular weight excluding hydrogens is 285 g/mol. The average molecular weight is 298 g/mol. The third-order valence-electron chi connectivity index (χ3n) is 2.94. The number of hydrogen-bond donors (Lipinski definition) is 1. The number of ether oxygens (including phenoxy) is 1. The third kappa shape index (κ3) is 3.42. The Morgan fingerprint density at radius 2 is 1.86 bits per heavy atom. The van der Waals surface area contributed by atoms with Gasteiger partial charge in [-0.15, -0.1) is 0 Å². The van der Waals surface area contributed by atoms with Crippen LogP contribution < -0.4 is 10.3 Å². The number of nitrogens with zero attached hydrogens (tertiary/aromatic N) is 1. The molecule has 7 heteroatoms. The molecule has 0 fully saturated rings. The van der Waals surface area contributed by atoms with Crippen LogP contribution in [0.3, 0.4) is 0 Å². The molecule has 0 unspecified atom stereocenters. The number of aromatic amines is 1. The first-order chi connectivity index (χ1) is 9.81. The maximum Gasteiger partial charge on any atom is 0.433 e. The lowest BCUT2D eigenvalue weighted by Crippen LogP contribution is -2.24. The highest BCUT2D eigenvalue weighted by Gasteiger charge is 2.36. The number of aryl methyl sites for hydroxylation is 1. The second kappa shape index (κ2) is 5.59. The topological polar surface area (TPSA) is 55.0 Å². The van der Waals surface area contributed by atoms with Crippen molar-refractivity contribution in [2.75, 3.05) is 7.11 Å². The van der Waals surface area contributed by atoms with Crippen LogP contribution in [0.2, 0.25) is 0 Å². The Morgan fingerprint density at radius 3 is 2.38 bits per heavy atom. The van der Waals surface area contributed by atoms with Gasteiger partial charge in [-0.25, -0.2) is 4.98 Å². The van der Waals surface area contributed by atoms with E-state index in [9.17, 15) is 18.0 Å². The molecule has 2 rings (SSSR count). The molecule has 0 spiro atoms. The van der Waals surface area contributed by atoms with Crippen molar-refractivity contribution >= 4 is 0 Å². The normalized spacial score (nSPS) is 11.5. The lowest BCUT2D eigenvalue weighted by molar-refractivity contribution is -0.142. The van der Waals surface area contributed by atoms with Gasteiger partial charge in [-0.3, -0.25) is 4.79 Å². The molecule has 1 aromatic carbocycles. The van der Waals surface area contributed by atoms with Gasteiger partial charge in [0, 0.05) is 6.42 Å². The standard InChI is InChI=1S/C14H13F3N2O2/c1-8-18-12(14(15,16)17)11(13(20)19-8)7-9-3-5-10(21-2)6-4-9/h3-6H,7H2,1-2H3,(H,18,19,20). The lowest BCUT2D eigenvalue weighted by atomic mass is 10.0. The number of rotatable bonds is 3. The van der Waals surface area contributed by atoms with Crippen LogP contribution in [0, 0.1) is 6.92 Å². The van der Waals surface area contributed by atoms with Gasteiger partial charge >= 0.3 is 6.18 Å². The summed E-state index contributed by atoms with van der Waals surface area (Å²) in [4.78, 5) is 17.5. The van der Waals surface area contributed by atoms with E-state index in [1.54, 1.807) is 24.3 Å². The van der Waals surface area contributed by atoms with Gasteiger partial charge in [-0.1, -0.05) is 12.1 Å². The first-order valence-electron chi connectivity index (χ1n) is 6.11. The zero-order valence-electron chi connectivity index (χ0n) is 11.4. The molecule has 0 radical (unpaired) electrons. The smallest absolute Gasteiger partial charge is 0.433 e. The molecule has 0 saturated heterocycles. The fourth-order valence-electron chi connectivity index (χ4n) is 1.96. The van der Waals surface area contributed by atoms with Crippen LogP contribution in [0.5, 0.6) is 5.75 Å². The Labute approximate surface area is 118 Å². The Kier molecular flexibility index (Phi) is 4.02. The van der Waals surface area contributed by atoms with E-state index in [0.717, 1.165) is 0 Å². The molecule has 112 valence electrons. The van der Waals surface area contributed by atoms with E-state index >= 15 is 0 Å². The van der Waals surface area contributed by atoms with Crippen molar-refractivity contribution in [2.24, 2.45) is 0 Å². The van der Waals surface area contributed by atoms with E-state index in [1.807, 2.05) is 0 Å². The molecule has 1 N–H and O–H groups in total. The minimum atomic E-state index is -4.67. The summed E-state index contributed by atoms with van der Waals surface area (Å²) >= 11 is 0. The summed E-state index contributed by atoms with van der Waals surface area (Å²) in [7, 11) is 1.49. The lowest BCUT2D eigenvalue weighted by Gasteiger charge is -2.12. The number of hydrogen-bond acceptors (Lipinski definition) is 3. The molecule has 0 amide bonds. The van der Waals surface area contributed by atoms with Crippen LogP contribution in [0.4, 0.5) is 13.2 Å².